The minimum Gasteiger partial charge on any atom is -0.396 e. The van der Waals surface area contributed by atoms with E-state index in [1.807, 2.05) is 0 Å². The topological polar surface area (TPSA) is 140 Å². The Labute approximate surface area is 164 Å². The molecule has 0 aromatic rings. The number of rotatable bonds is 9. The fraction of sp³-hybridized carbons (Fsp3) is 0.600. The summed E-state index contributed by atoms with van der Waals surface area (Å²) in [7, 11) is 0. The van der Waals surface area contributed by atoms with Gasteiger partial charge in [0.15, 0.2) is 6.29 Å². The van der Waals surface area contributed by atoms with Crippen LogP contribution in [0.4, 0.5) is 0 Å². The highest BCUT2D eigenvalue weighted by Crippen LogP contribution is 2.24. The van der Waals surface area contributed by atoms with Gasteiger partial charge in [-0.15, -0.1) is 0 Å². The predicted molar refractivity (Wildman–Crippen MR) is 100 cm³/mol. The molecule has 0 amide bonds. The zero-order valence-corrected chi connectivity index (χ0v) is 15.5. The molecular formula is C20H28O8. The minimum atomic E-state index is -1.51. The molecule has 28 heavy (non-hydrogen) atoms. The molecule has 0 aromatic carbocycles. The first-order chi connectivity index (χ1) is 13.5. The summed E-state index contributed by atoms with van der Waals surface area (Å²) in [5.41, 5.74) is 0. The highest BCUT2D eigenvalue weighted by atomic mass is 16.7. The van der Waals surface area contributed by atoms with Crippen LogP contribution in [-0.2, 0) is 9.47 Å². The molecule has 6 atom stereocenters. The molecule has 0 aliphatic carbocycles. The zero-order chi connectivity index (χ0) is 20.8. The van der Waals surface area contributed by atoms with Gasteiger partial charge < -0.3 is 40.1 Å². The van der Waals surface area contributed by atoms with E-state index in [2.05, 4.69) is 23.7 Å². The van der Waals surface area contributed by atoms with Crippen molar-refractivity contribution in [3.05, 3.63) is 24.3 Å². The Hall–Kier alpha value is -1.72. The van der Waals surface area contributed by atoms with Gasteiger partial charge in [0.05, 0.1) is 19.3 Å². The molecule has 0 saturated carbocycles. The van der Waals surface area contributed by atoms with Crippen LogP contribution in [0, 0.1) is 23.7 Å². The second-order valence-corrected chi connectivity index (χ2v) is 6.07. The Morgan fingerprint density at radius 2 is 1.57 bits per heavy atom. The van der Waals surface area contributed by atoms with E-state index >= 15 is 0 Å². The zero-order valence-electron chi connectivity index (χ0n) is 15.5. The average molecular weight is 396 g/mol. The van der Waals surface area contributed by atoms with Gasteiger partial charge in [0.1, 0.15) is 24.4 Å². The normalized spacial score (nSPS) is 28.6. The first-order valence-electron chi connectivity index (χ1n) is 9.03. The molecule has 0 aromatic heterocycles. The van der Waals surface area contributed by atoms with Crippen molar-refractivity contribution in [2.24, 2.45) is 0 Å². The van der Waals surface area contributed by atoms with Crippen molar-refractivity contribution in [3.63, 3.8) is 0 Å². The molecular weight excluding hydrogens is 368 g/mol. The summed E-state index contributed by atoms with van der Waals surface area (Å²) in [5.74, 6) is 10.6. The maximum absolute atomic E-state index is 10.0. The maximum atomic E-state index is 10.0. The fourth-order valence-corrected chi connectivity index (χ4v) is 2.49. The average Bonchev–Trinajstić information content (AvgIpc) is 2.69. The van der Waals surface area contributed by atoms with Crippen LogP contribution in [0.1, 0.15) is 19.3 Å². The molecule has 0 bridgehead atoms. The Morgan fingerprint density at radius 1 is 0.893 bits per heavy atom. The van der Waals surface area contributed by atoms with Crippen LogP contribution in [0.3, 0.4) is 0 Å². The molecule has 0 spiro atoms. The first-order valence-corrected chi connectivity index (χ1v) is 9.03. The number of hydrogen-bond acceptors (Lipinski definition) is 8. The van der Waals surface area contributed by atoms with Crippen LogP contribution >= 0.6 is 0 Å². The van der Waals surface area contributed by atoms with Crippen molar-refractivity contribution in [1.29, 1.82) is 0 Å². The lowest BCUT2D eigenvalue weighted by Gasteiger charge is -2.40. The van der Waals surface area contributed by atoms with E-state index in [1.54, 1.807) is 12.2 Å². The maximum Gasteiger partial charge on any atom is 0.186 e. The molecule has 0 radical (unpaired) electrons. The Balaban J connectivity index is 2.52. The van der Waals surface area contributed by atoms with Gasteiger partial charge in [0.2, 0.25) is 0 Å². The van der Waals surface area contributed by atoms with Crippen LogP contribution in [0.5, 0.6) is 0 Å². The monoisotopic (exact) mass is 396 g/mol. The summed E-state index contributed by atoms with van der Waals surface area (Å²) < 4.78 is 11.0. The van der Waals surface area contributed by atoms with E-state index in [0.717, 1.165) is 0 Å². The molecule has 156 valence electrons. The van der Waals surface area contributed by atoms with Crippen molar-refractivity contribution in [1.82, 2.24) is 0 Å². The van der Waals surface area contributed by atoms with Crippen LogP contribution in [-0.4, -0.2) is 87.3 Å². The van der Waals surface area contributed by atoms with Gasteiger partial charge in [0.25, 0.3) is 0 Å². The van der Waals surface area contributed by atoms with Crippen LogP contribution < -0.4 is 0 Å². The van der Waals surface area contributed by atoms with Gasteiger partial charge in [-0.2, -0.15) is 0 Å². The quantitative estimate of drug-likeness (QED) is 0.257. The highest BCUT2D eigenvalue weighted by Gasteiger charge is 2.44. The van der Waals surface area contributed by atoms with Gasteiger partial charge in [-0.3, -0.25) is 0 Å². The molecule has 8 heteroatoms. The van der Waals surface area contributed by atoms with Gasteiger partial charge in [0, 0.05) is 6.61 Å². The van der Waals surface area contributed by atoms with Crippen LogP contribution in [0.15, 0.2) is 24.3 Å². The van der Waals surface area contributed by atoms with E-state index < -0.39 is 43.4 Å². The third-order valence-electron chi connectivity index (χ3n) is 4.00. The van der Waals surface area contributed by atoms with Crippen molar-refractivity contribution < 1.29 is 40.1 Å². The van der Waals surface area contributed by atoms with E-state index in [-0.39, 0.29) is 19.6 Å². The number of aliphatic hydroxyl groups is 6. The summed E-state index contributed by atoms with van der Waals surface area (Å²) in [6, 6.07) is 0. The molecule has 6 unspecified atom stereocenters. The Morgan fingerprint density at radius 3 is 2.18 bits per heavy atom. The van der Waals surface area contributed by atoms with Gasteiger partial charge in [-0.25, -0.2) is 0 Å². The summed E-state index contributed by atoms with van der Waals surface area (Å²) in [6.45, 7) is -0.736. The number of allylic oxidation sites excluding steroid dienone is 3. The second-order valence-electron chi connectivity index (χ2n) is 6.07. The smallest absolute Gasteiger partial charge is 0.186 e. The highest BCUT2D eigenvalue weighted by molar-refractivity contribution is 5.33. The molecule has 6 N–H and O–H groups in total. The fourth-order valence-electron chi connectivity index (χ4n) is 2.49. The minimum absolute atomic E-state index is 0.0672. The first kappa shape index (κ1) is 24.3. The molecule has 1 heterocycles. The summed E-state index contributed by atoms with van der Waals surface area (Å²) >= 11 is 0. The van der Waals surface area contributed by atoms with Gasteiger partial charge in [-0.1, -0.05) is 24.0 Å². The SMILES string of the molecule is OCC=CC#CC#CC=CCCC(CCO)OC1OC(CO)C(O)C(O)C1O. The molecule has 1 aliphatic rings. The molecule has 1 aliphatic heterocycles. The molecule has 8 nitrogen and oxygen atoms in total. The molecule has 1 saturated heterocycles. The van der Waals surface area contributed by atoms with Crippen molar-refractivity contribution in [3.8, 4) is 23.7 Å². The van der Waals surface area contributed by atoms with Crippen LogP contribution in [0.25, 0.3) is 0 Å². The number of aliphatic hydroxyl groups excluding tert-OH is 6. The third-order valence-corrected chi connectivity index (χ3v) is 4.00. The number of hydrogen-bond donors (Lipinski definition) is 6. The molecule has 1 fully saturated rings. The van der Waals surface area contributed by atoms with E-state index in [9.17, 15) is 25.5 Å². The van der Waals surface area contributed by atoms with Crippen molar-refractivity contribution in [2.45, 2.75) is 56.1 Å². The van der Waals surface area contributed by atoms with Crippen molar-refractivity contribution >= 4 is 0 Å². The summed E-state index contributed by atoms with van der Waals surface area (Å²) in [4.78, 5) is 0. The van der Waals surface area contributed by atoms with E-state index in [0.29, 0.717) is 12.8 Å². The predicted octanol–water partition coefficient (Wildman–Crippen LogP) is -1.55. The van der Waals surface area contributed by atoms with Crippen molar-refractivity contribution in [2.75, 3.05) is 19.8 Å². The van der Waals surface area contributed by atoms with Gasteiger partial charge >= 0.3 is 0 Å². The standard InChI is InChI=1S/C20H28O8/c21-12-9-7-5-3-1-2-4-6-8-10-15(11-13-22)27-20-19(26)18(25)17(24)16(14-23)28-20/h4,6-7,9,15-26H,8,10-14H2. The Bertz CT molecular complexity index is 607. The summed E-state index contributed by atoms with van der Waals surface area (Å²) in [5, 5.41) is 56.5. The molecule has 1 rings (SSSR count). The lowest BCUT2D eigenvalue weighted by Crippen LogP contribution is -2.59. The lowest BCUT2D eigenvalue weighted by molar-refractivity contribution is -0.312. The lowest BCUT2D eigenvalue weighted by atomic mass is 9.99. The van der Waals surface area contributed by atoms with Crippen LogP contribution in [0.2, 0.25) is 0 Å². The van der Waals surface area contributed by atoms with E-state index in [1.165, 1.54) is 12.2 Å². The largest absolute Gasteiger partial charge is 0.396 e. The second kappa shape index (κ2) is 14.3. The summed E-state index contributed by atoms with van der Waals surface area (Å²) in [6.07, 6.45) is 0.660. The third kappa shape index (κ3) is 8.53. The Kier molecular flexibility index (Phi) is 12.4. The number of ether oxygens (including phenoxy) is 2. The van der Waals surface area contributed by atoms with E-state index in [4.69, 9.17) is 14.6 Å². The van der Waals surface area contributed by atoms with Gasteiger partial charge in [-0.05, 0) is 43.3 Å².